The Morgan fingerprint density at radius 2 is 1.73 bits per heavy atom. The van der Waals surface area contributed by atoms with Gasteiger partial charge in [-0.1, -0.05) is 37.3 Å². The van der Waals surface area contributed by atoms with Gasteiger partial charge in [-0.15, -0.1) is 0 Å². The van der Waals surface area contributed by atoms with Gasteiger partial charge in [0.25, 0.3) is 5.91 Å². The molecule has 0 aliphatic rings. The van der Waals surface area contributed by atoms with Crippen molar-refractivity contribution in [3.05, 3.63) is 60.2 Å². The molecule has 6 nitrogen and oxygen atoms in total. The van der Waals surface area contributed by atoms with Gasteiger partial charge in [0, 0.05) is 7.05 Å². The maximum absolute atomic E-state index is 12.1. The highest BCUT2D eigenvalue weighted by molar-refractivity contribution is 7.92. The number of rotatable bonds is 8. The first-order valence-electron chi connectivity index (χ1n) is 8.32. The number of hydrogen-bond donors (Lipinski definition) is 1. The van der Waals surface area contributed by atoms with Crippen LogP contribution in [0.25, 0.3) is 0 Å². The molecule has 140 valence electrons. The summed E-state index contributed by atoms with van der Waals surface area (Å²) in [5.41, 5.74) is 1.58. The lowest BCUT2D eigenvalue weighted by Gasteiger charge is -2.18. The van der Waals surface area contributed by atoms with Gasteiger partial charge < -0.3 is 10.1 Å². The summed E-state index contributed by atoms with van der Waals surface area (Å²) in [6.07, 6.45) is 1.92. The van der Waals surface area contributed by atoms with Crippen molar-refractivity contribution in [2.24, 2.45) is 0 Å². The van der Waals surface area contributed by atoms with Crippen molar-refractivity contribution in [1.82, 2.24) is 5.32 Å². The zero-order chi connectivity index (χ0) is 19.2. The van der Waals surface area contributed by atoms with E-state index >= 15 is 0 Å². The summed E-state index contributed by atoms with van der Waals surface area (Å²) in [6, 6.07) is 16.3. The van der Waals surface area contributed by atoms with Crippen LogP contribution in [0.3, 0.4) is 0 Å². The molecular weight excluding hydrogens is 352 g/mol. The molecule has 0 radical (unpaired) electrons. The van der Waals surface area contributed by atoms with Crippen LogP contribution in [0.2, 0.25) is 0 Å². The lowest BCUT2D eigenvalue weighted by molar-refractivity contribution is -0.123. The van der Waals surface area contributed by atoms with Crippen LogP contribution >= 0.6 is 0 Å². The van der Waals surface area contributed by atoms with Gasteiger partial charge in [-0.05, 0) is 36.2 Å². The van der Waals surface area contributed by atoms with E-state index in [-0.39, 0.29) is 18.6 Å². The number of nitrogens with one attached hydrogen (secondary N) is 1. The third-order valence-electron chi connectivity index (χ3n) is 4.01. The Hall–Kier alpha value is -2.54. The molecule has 0 aliphatic carbocycles. The van der Waals surface area contributed by atoms with Gasteiger partial charge in [-0.25, -0.2) is 8.42 Å². The van der Waals surface area contributed by atoms with Gasteiger partial charge in [0.15, 0.2) is 6.61 Å². The van der Waals surface area contributed by atoms with E-state index in [1.165, 1.54) is 11.4 Å². The number of ether oxygens (including phenoxy) is 1. The number of benzene rings is 2. The number of anilines is 1. The van der Waals surface area contributed by atoms with Crippen molar-refractivity contribution in [2.75, 3.05) is 24.2 Å². The van der Waals surface area contributed by atoms with E-state index in [0.717, 1.165) is 18.2 Å². The average molecular weight is 376 g/mol. The van der Waals surface area contributed by atoms with Gasteiger partial charge in [0.2, 0.25) is 10.0 Å². The minimum atomic E-state index is -3.31. The van der Waals surface area contributed by atoms with Crippen LogP contribution in [0.15, 0.2) is 54.6 Å². The minimum absolute atomic E-state index is 0.0573. The van der Waals surface area contributed by atoms with E-state index in [0.29, 0.717) is 11.4 Å². The highest BCUT2D eigenvalue weighted by Crippen LogP contribution is 2.20. The highest BCUT2D eigenvalue weighted by atomic mass is 32.2. The van der Waals surface area contributed by atoms with Crippen LogP contribution in [-0.4, -0.2) is 34.2 Å². The van der Waals surface area contributed by atoms with E-state index in [9.17, 15) is 13.2 Å². The summed E-state index contributed by atoms with van der Waals surface area (Å²) in [5, 5.41) is 2.95. The smallest absolute Gasteiger partial charge is 0.258 e. The summed E-state index contributed by atoms with van der Waals surface area (Å²) in [7, 11) is -1.83. The molecule has 1 N–H and O–H groups in total. The van der Waals surface area contributed by atoms with Crippen LogP contribution in [-0.2, 0) is 14.8 Å². The molecule has 0 spiro atoms. The normalized spacial score (nSPS) is 12.3. The number of sulfonamides is 1. The average Bonchev–Trinajstić information content (AvgIpc) is 2.64. The predicted molar refractivity (Wildman–Crippen MR) is 103 cm³/mol. The molecule has 0 aliphatic heterocycles. The summed E-state index contributed by atoms with van der Waals surface area (Å²) < 4.78 is 29.7. The third-order valence-corrected chi connectivity index (χ3v) is 5.22. The Balaban J connectivity index is 1.91. The molecule has 2 aromatic carbocycles. The van der Waals surface area contributed by atoms with E-state index in [1.807, 2.05) is 37.3 Å². The summed E-state index contributed by atoms with van der Waals surface area (Å²) in [6.45, 7) is 1.90. The molecule has 0 saturated heterocycles. The quantitative estimate of drug-likeness (QED) is 0.769. The Morgan fingerprint density at radius 3 is 2.27 bits per heavy atom. The molecule has 0 aromatic heterocycles. The molecule has 0 saturated carbocycles. The number of carbonyl (C=O) groups is 1. The largest absolute Gasteiger partial charge is 0.484 e. The van der Waals surface area contributed by atoms with Crippen molar-refractivity contribution < 1.29 is 17.9 Å². The molecule has 0 fully saturated rings. The molecule has 0 bridgehead atoms. The molecule has 1 amide bonds. The Labute approximate surface area is 154 Å². The molecule has 0 heterocycles. The van der Waals surface area contributed by atoms with Crippen LogP contribution in [0.5, 0.6) is 5.75 Å². The molecule has 1 atom stereocenters. The second kappa shape index (κ2) is 8.71. The van der Waals surface area contributed by atoms with E-state index in [4.69, 9.17) is 4.74 Å². The van der Waals surface area contributed by atoms with Crippen molar-refractivity contribution in [3.63, 3.8) is 0 Å². The number of nitrogens with zero attached hydrogens (tertiary/aromatic N) is 1. The number of amides is 1. The lowest BCUT2D eigenvalue weighted by atomic mass is 10.0. The first kappa shape index (κ1) is 19.8. The Bertz CT molecular complexity index is 820. The third kappa shape index (κ3) is 5.49. The molecule has 2 rings (SSSR count). The summed E-state index contributed by atoms with van der Waals surface area (Å²) in [4.78, 5) is 12.1. The van der Waals surface area contributed by atoms with Crippen LogP contribution in [0.4, 0.5) is 5.69 Å². The van der Waals surface area contributed by atoms with Gasteiger partial charge >= 0.3 is 0 Å². The fourth-order valence-electron chi connectivity index (χ4n) is 2.44. The minimum Gasteiger partial charge on any atom is -0.484 e. The van der Waals surface area contributed by atoms with Crippen LogP contribution in [0.1, 0.15) is 24.9 Å². The van der Waals surface area contributed by atoms with Crippen LogP contribution < -0.4 is 14.4 Å². The standard InChI is InChI=1S/C19H24N2O4S/c1-4-18(15-8-6-5-7-9-15)20-19(22)14-25-17-12-10-16(11-13-17)21(2)26(3,23)24/h5-13,18H,4,14H2,1-3H3,(H,20,22)/t18-/m0/s1. The van der Waals surface area contributed by atoms with E-state index < -0.39 is 10.0 Å². The highest BCUT2D eigenvalue weighted by Gasteiger charge is 2.14. The van der Waals surface area contributed by atoms with Crippen LogP contribution in [0, 0.1) is 0 Å². The first-order valence-corrected chi connectivity index (χ1v) is 10.2. The summed E-state index contributed by atoms with van der Waals surface area (Å²) >= 11 is 0. The predicted octanol–water partition coefficient (Wildman–Crippen LogP) is 2.73. The van der Waals surface area contributed by atoms with Gasteiger partial charge in [-0.2, -0.15) is 0 Å². The van der Waals surface area contributed by atoms with Crippen molar-refractivity contribution >= 4 is 21.6 Å². The molecule has 2 aromatic rings. The maximum atomic E-state index is 12.1. The molecular formula is C19H24N2O4S. The summed E-state index contributed by atoms with van der Waals surface area (Å²) in [5.74, 6) is 0.289. The monoisotopic (exact) mass is 376 g/mol. The second-order valence-electron chi connectivity index (χ2n) is 5.95. The maximum Gasteiger partial charge on any atom is 0.258 e. The van der Waals surface area contributed by atoms with E-state index in [2.05, 4.69) is 5.32 Å². The topological polar surface area (TPSA) is 75.7 Å². The Kier molecular flexibility index (Phi) is 6.63. The Morgan fingerprint density at radius 1 is 1.12 bits per heavy atom. The number of hydrogen-bond acceptors (Lipinski definition) is 4. The second-order valence-corrected chi connectivity index (χ2v) is 7.97. The SMILES string of the molecule is CC[C@H](NC(=O)COc1ccc(N(C)S(C)(=O)=O)cc1)c1ccccc1. The van der Waals surface area contributed by atoms with Gasteiger partial charge in [0.1, 0.15) is 5.75 Å². The fourth-order valence-corrected chi connectivity index (χ4v) is 2.94. The van der Waals surface area contributed by atoms with Gasteiger partial charge in [0.05, 0.1) is 18.0 Å². The molecule has 0 unspecified atom stereocenters. The van der Waals surface area contributed by atoms with Crippen molar-refractivity contribution in [3.8, 4) is 5.75 Å². The fraction of sp³-hybridized carbons (Fsp3) is 0.316. The lowest BCUT2D eigenvalue weighted by Crippen LogP contribution is -2.32. The van der Waals surface area contributed by atoms with Crippen molar-refractivity contribution in [1.29, 1.82) is 0 Å². The van der Waals surface area contributed by atoms with E-state index in [1.54, 1.807) is 24.3 Å². The first-order chi connectivity index (χ1) is 12.3. The van der Waals surface area contributed by atoms with Gasteiger partial charge in [-0.3, -0.25) is 9.10 Å². The number of carbonyl (C=O) groups excluding carboxylic acids is 1. The zero-order valence-corrected chi connectivity index (χ0v) is 16.0. The van der Waals surface area contributed by atoms with Crippen molar-refractivity contribution in [2.45, 2.75) is 19.4 Å². The molecule has 7 heteroatoms. The zero-order valence-electron chi connectivity index (χ0n) is 15.2. The molecule has 26 heavy (non-hydrogen) atoms.